The van der Waals surface area contributed by atoms with Crippen molar-refractivity contribution < 1.29 is 14.3 Å². The highest BCUT2D eigenvalue weighted by atomic mass is 16.5. The number of anilines is 2. The molecule has 0 aliphatic carbocycles. The molecule has 1 amide bonds. The van der Waals surface area contributed by atoms with Gasteiger partial charge in [0, 0.05) is 13.7 Å². The molecule has 0 saturated heterocycles. The van der Waals surface area contributed by atoms with Crippen molar-refractivity contribution in [2.75, 3.05) is 44.1 Å². The molecule has 0 atom stereocenters. The predicted octanol–water partition coefficient (Wildman–Crippen LogP) is 1.21. The number of H-pyrrole nitrogens is 1. The van der Waals surface area contributed by atoms with Crippen molar-refractivity contribution in [1.29, 1.82) is 0 Å². The van der Waals surface area contributed by atoms with Crippen molar-refractivity contribution in [3.05, 3.63) is 56.7 Å². The average Bonchev–Trinajstić information content (AvgIpc) is 2.71. The van der Waals surface area contributed by atoms with Crippen LogP contribution in [0.2, 0.25) is 0 Å². The molecule has 0 fully saturated rings. The molecule has 0 spiro atoms. The SMILES string of the molecule is COCCOCC(=O)N(CCC(C)C)c1c(N)n(Cc2ccccc2)c(=O)[nH]c1=O. The number of hydrogen-bond donors (Lipinski definition) is 2. The first kappa shape index (κ1) is 23.4. The van der Waals surface area contributed by atoms with E-state index in [4.69, 9.17) is 15.2 Å². The van der Waals surface area contributed by atoms with Gasteiger partial charge in [0.25, 0.3) is 11.5 Å². The minimum Gasteiger partial charge on any atom is -0.383 e. The Hall–Kier alpha value is -2.91. The molecule has 3 N–H and O–H groups in total. The van der Waals surface area contributed by atoms with Crippen LogP contribution in [0.25, 0.3) is 0 Å². The van der Waals surface area contributed by atoms with Crippen LogP contribution in [0.3, 0.4) is 0 Å². The molecule has 0 aliphatic rings. The summed E-state index contributed by atoms with van der Waals surface area (Å²) in [7, 11) is 1.54. The third kappa shape index (κ3) is 6.30. The first-order valence-electron chi connectivity index (χ1n) is 9.88. The van der Waals surface area contributed by atoms with Crippen LogP contribution >= 0.6 is 0 Å². The number of aromatic nitrogens is 2. The van der Waals surface area contributed by atoms with Crippen LogP contribution in [-0.4, -0.2) is 48.9 Å². The fourth-order valence-corrected chi connectivity index (χ4v) is 2.89. The van der Waals surface area contributed by atoms with Crippen LogP contribution in [0.15, 0.2) is 39.9 Å². The van der Waals surface area contributed by atoms with Gasteiger partial charge in [-0.3, -0.25) is 19.1 Å². The number of nitrogens with one attached hydrogen (secondary N) is 1. The smallest absolute Gasteiger partial charge is 0.330 e. The van der Waals surface area contributed by atoms with Crippen LogP contribution in [0.1, 0.15) is 25.8 Å². The molecule has 0 unspecified atom stereocenters. The average molecular weight is 418 g/mol. The number of carbonyl (C=O) groups excluding carboxylic acids is 1. The predicted molar refractivity (Wildman–Crippen MR) is 116 cm³/mol. The maximum atomic E-state index is 12.8. The van der Waals surface area contributed by atoms with Crippen molar-refractivity contribution in [2.24, 2.45) is 5.92 Å². The molecule has 1 aromatic carbocycles. The summed E-state index contributed by atoms with van der Waals surface area (Å²) in [6.45, 7) is 4.86. The van der Waals surface area contributed by atoms with Crippen molar-refractivity contribution in [3.63, 3.8) is 0 Å². The summed E-state index contributed by atoms with van der Waals surface area (Å²) in [5, 5.41) is 0. The van der Waals surface area contributed by atoms with Gasteiger partial charge in [-0.1, -0.05) is 44.2 Å². The van der Waals surface area contributed by atoms with E-state index in [1.165, 1.54) is 16.6 Å². The largest absolute Gasteiger partial charge is 0.383 e. The van der Waals surface area contributed by atoms with Crippen LogP contribution in [0, 0.1) is 5.92 Å². The summed E-state index contributed by atoms with van der Waals surface area (Å²) in [6, 6.07) is 9.26. The first-order valence-corrected chi connectivity index (χ1v) is 9.88. The van der Waals surface area contributed by atoms with Gasteiger partial charge in [-0.25, -0.2) is 4.79 Å². The van der Waals surface area contributed by atoms with Gasteiger partial charge >= 0.3 is 5.69 Å². The molecule has 1 heterocycles. The van der Waals surface area contributed by atoms with E-state index in [2.05, 4.69) is 4.98 Å². The molecule has 1 aromatic heterocycles. The molecule has 9 heteroatoms. The van der Waals surface area contributed by atoms with Gasteiger partial charge in [0.15, 0.2) is 5.69 Å². The number of methoxy groups -OCH3 is 1. The van der Waals surface area contributed by atoms with Crippen molar-refractivity contribution >= 4 is 17.4 Å². The van der Waals surface area contributed by atoms with Gasteiger partial charge in [-0.15, -0.1) is 0 Å². The second-order valence-corrected chi connectivity index (χ2v) is 7.34. The lowest BCUT2D eigenvalue weighted by Gasteiger charge is -2.25. The number of aromatic amines is 1. The van der Waals surface area contributed by atoms with Crippen molar-refractivity contribution in [1.82, 2.24) is 9.55 Å². The van der Waals surface area contributed by atoms with E-state index in [-0.39, 0.29) is 37.8 Å². The molecular formula is C21H30N4O5. The lowest BCUT2D eigenvalue weighted by molar-refractivity contribution is -0.123. The highest BCUT2D eigenvalue weighted by molar-refractivity contribution is 5.96. The van der Waals surface area contributed by atoms with E-state index in [1.54, 1.807) is 0 Å². The number of carbonyl (C=O) groups is 1. The minimum atomic E-state index is -0.698. The van der Waals surface area contributed by atoms with Gasteiger partial charge in [0.1, 0.15) is 12.4 Å². The van der Waals surface area contributed by atoms with Crippen LogP contribution < -0.4 is 21.9 Å². The zero-order valence-corrected chi connectivity index (χ0v) is 17.7. The number of amides is 1. The maximum absolute atomic E-state index is 12.8. The topological polar surface area (TPSA) is 120 Å². The quantitative estimate of drug-likeness (QED) is 0.529. The second kappa shape index (κ2) is 11.3. The number of nitrogens with two attached hydrogens (primary N) is 1. The van der Waals surface area contributed by atoms with Crippen LogP contribution in [-0.2, 0) is 20.8 Å². The lowest BCUT2D eigenvalue weighted by atomic mass is 10.1. The third-order valence-corrected chi connectivity index (χ3v) is 4.56. The van der Waals surface area contributed by atoms with E-state index in [1.807, 2.05) is 44.2 Å². The Kier molecular flexibility index (Phi) is 8.82. The third-order valence-electron chi connectivity index (χ3n) is 4.56. The van der Waals surface area contributed by atoms with Crippen molar-refractivity contribution in [2.45, 2.75) is 26.8 Å². The molecule has 2 rings (SSSR count). The highest BCUT2D eigenvalue weighted by Gasteiger charge is 2.24. The molecule has 0 radical (unpaired) electrons. The monoisotopic (exact) mass is 418 g/mol. The molecule has 2 aromatic rings. The molecule has 0 aliphatic heterocycles. The molecule has 30 heavy (non-hydrogen) atoms. The number of benzene rings is 1. The molecule has 9 nitrogen and oxygen atoms in total. The van der Waals surface area contributed by atoms with Gasteiger partial charge in [-0.05, 0) is 17.9 Å². The van der Waals surface area contributed by atoms with E-state index < -0.39 is 17.2 Å². The van der Waals surface area contributed by atoms with Crippen molar-refractivity contribution in [3.8, 4) is 0 Å². The van der Waals surface area contributed by atoms with Crippen LogP contribution in [0.4, 0.5) is 11.5 Å². The second-order valence-electron chi connectivity index (χ2n) is 7.34. The minimum absolute atomic E-state index is 0.0356. The normalized spacial score (nSPS) is 11.1. The Morgan fingerprint density at radius 3 is 2.53 bits per heavy atom. The first-order chi connectivity index (χ1) is 14.3. The molecule has 0 bridgehead atoms. The summed E-state index contributed by atoms with van der Waals surface area (Å²) >= 11 is 0. The van der Waals surface area contributed by atoms with Crippen LogP contribution in [0.5, 0.6) is 0 Å². The summed E-state index contributed by atoms with van der Waals surface area (Å²) in [5.74, 6) is -0.166. The standard InChI is InChI=1S/C21H30N4O5/c1-15(2)9-10-24(17(26)14-30-12-11-29-3)18-19(22)25(21(28)23-20(18)27)13-16-7-5-4-6-8-16/h4-8,15H,9-14,22H2,1-3H3,(H,23,27,28). The zero-order chi connectivity index (χ0) is 22.1. The van der Waals surface area contributed by atoms with E-state index in [9.17, 15) is 14.4 Å². The van der Waals surface area contributed by atoms with E-state index in [0.29, 0.717) is 18.9 Å². The molecule has 0 saturated carbocycles. The number of ether oxygens (including phenoxy) is 2. The summed E-state index contributed by atoms with van der Waals surface area (Å²) in [4.78, 5) is 41.5. The fraction of sp³-hybridized carbons (Fsp3) is 0.476. The zero-order valence-electron chi connectivity index (χ0n) is 17.7. The van der Waals surface area contributed by atoms with E-state index >= 15 is 0 Å². The molecule has 164 valence electrons. The van der Waals surface area contributed by atoms with Gasteiger partial charge in [0.05, 0.1) is 19.8 Å². The highest BCUT2D eigenvalue weighted by Crippen LogP contribution is 2.19. The molecular weight excluding hydrogens is 388 g/mol. The Balaban J connectivity index is 2.40. The van der Waals surface area contributed by atoms with Gasteiger partial charge in [0.2, 0.25) is 0 Å². The summed E-state index contributed by atoms with van der Waals surface area (Å²) < 4.78 is 11.5. The van der Waals surface area contributed by atoms with Gasteiger partial charge in [-0.2, -0.15) is 0 Å². The Morgan fingerprint density at radius 2 is 1.90 bits per heavy atom. The summed E-state index contributed by atoms with van der Waals surface area (Å²) in [6.07, 6.45) is 0.653. The maximum Gasteiger partial charge on any atom is 0.330 e. The number of nitrogen functional groups attached to an aromatic ring is 1. The Bertz CT molecular complexity index is 937. The number of rotatable bonds is 11. The fourth-order valence-electron chi connectivity index (χ4n) is 2.89. The number of nitrogens with zero attached hydrogens (tertiary/aromatic N) is 2. The lowest BCUT2D eigenvalue weighted by Crippen LogP contribution is -2.43. The number of hydrogen-bond acceptors (Lipinski definition) is 6. The van der Waals surface area contributed by atoms with E-state index in [0.717, 1.165) is 5.56 Å². The van der Waals surface area contributed by atoms with Gasteiger partial charge < -0.3 is 20.1 Å². The summed E-state index contributed by atoms with van der Waals surface area (Å²) in [5.41, 5.74) is 5.72. The Labute approximate surface area is 175 Å². The Morgan fingerprint density at radius 1 is 1.20 bits per heavy atom.